The highest BCUT2D eigenvalue weighted by Gasteiger charge is 2.28. The molecule has 140 valence electrons. The van der Waals surface area contributed by atoms with Crippen LogP contribution in [0.1, 0.15) is 50.7 Å². The van der Waals surface area contributed by atoms with Crippen LogP contribution in [0.2, 0.25) is 0 Å². The number of nitrogens with one attached hydrogen (secondary N) is 1. The topological polar surface area (TPSA) is 63.1 Å². The van der Waals surface area contributed by atoms with Crippen molar-refractivity contribution < 1.29 is 4.79 Å². The van der Waals surface area contributed by atoms with E-state index in [1.807, 2.05) is 18.5 Å². The molecule has 3 heterocycles. The Labute approximate surface area is 151 Å². The highest BCUT2D eigenvalue weighted by atomic mass is 16.2. The molecule has 3 atom stereocenters. The third kappa shape index (κ3) is 4.81. The van der Waals surface area contributed by atoms with E-state index in [1.165, 1.54) is 19.3 Å². The first-order valence-electron chi connectivity index (χ1n) is 9.89. The molecule has 1 N–H and O–H groups in total. The van der Waals surface area contributed by atoms with Crippen LogP contribution in [0.5, 0.6) is 0 Å². The summed E-state index contributed by atoms with van der Waals surface area (Å²) in [6, 6.07) is 0. The Kier molecular flexibility index (Phi) is 6.10. The Morgan fingerprint density at radius 3 is 2.84 bits per heavy atom. The molecule has 1 amide bonds. The van der Waals surface area contributed by atoms with Gasteiger partial charge in [-0.2, -0.15) is 5.10 Å². The number of piperidine rings is 2. The van der Waals surface area contributed by atoms with Crippen LogP contribution in [0.3, 0.4) is 0 Å². The zero-order valence-electron chi connectivity index (χ0n) is 16.0. The van der Waals surface area contributed by atoms with Gasteiger partial charge >= 0.3 is 0 Å². The van der Waals surface area contributed by atoms with Crippen LogP contribution in [0.15, 0.2) is 0 Å². The average Bonchev–Trinajstić information content (AvgIpc) is 2.93. The van der Waals surface area contributed by atoms with Crippen molar-refractivity contribution in [3.8, 4) is 0 Å². The Bertz CT molecular complexity index is 578. The maximum Gasteiger partial charge on any atom is 0.222 e. The molecule has 0 bridgehead atoms. The summed E-state index contributed by atoms with van der Waals surface area (Å²) in [5.41, 5.74) is 0. The largest absolute Gasteiger partial charge is 0.342 e. The van der Waals surface area contributed by atoms with E-state index in [2.05, 4.69) is 27.2 Å². The van der Waals surface area contributed by atoms with Crippen LogP contribution >= 0.6 is 0 Å². The van der Waals surface area contributed by atoms with Crippen LogP contribution < -0.4 is 5.32 Å². The second-order valence-corrected chi connectivity index (χ2v) is 8.02. The summed E-state index contributed by atoms with van der Waals surface area (Å²) in [6.45, 7) is 11.0. The summed E-state index contributed by atoms with van der Waals surface area (Å²) in [4.78, 5) is 19.3. The molecule has 2 aliphatic heterocycles. The van der Waals surface area contributed by atoms with Crippen LogP contribution in [0.4, 0.5) is 0 Å². The predicted molar refractivity (Wildman–Crippen MR) is 98.2 cm³/mol. The lowest BCUT2D eigenvalue weighted by molar-refractivity contribution is -0.134. The van der Waals surface area contributed by atoms with E-state index in [-0.39, 0.29) is 0 Å². The Morgan fingerprint density at radius 2 is 2.16 bits per heavy atom. The average molecular weight is 348 g/mol. The molecule has 1 aromatic heterocycles. The Balaban J connectivity index is 1.51. The normalized spacial score (nSPS) is 25.8. The number of carbonyl (C=O) groups excluding carboxylic acids is 1. The molecule has 3 unspecified atom stereocenters. The van der Waals surface area contributed by atoms with Crippen molar-refractivity contribution in [1.29, 1.82) is 0 Å². The number of likely N-dealkylation sites (tertiary alicyclic amines) is 1. The predicted octanol–water partition coefficient (Wildman–Crippen LogP) is 2.16. The molecule has 3 rings (SSSR count). The summed E-state index contributed by atoms with van der Waals surface area (Å²) >= 11 is 0. The van der Waals surface area contributed by atoms with Gasteiger partial charge in [0, 0.05) is 26.1 Å². The molecular weight excluding hydrogens is 314 g/mol. The number of hydrogen-bond acceptors (Lipinski definition) is 4. The second kappa shape index (κ2) is 8.30. The molecule has 2 fully saturated rings. The monoisotopic (exact) mass is 347 g/mol. The van der Waals surface area contributed by atoms with Gasteiger partial charge in [-0.3, -0.25) is 4.79 Å². The maximum absolute atomic E-state index is 12.8. The van der Waals surface area contributed by atoms with Gasteiger partial charge in [0.25, 0.3) is 0 Å². The van der Waals surface area contributed by atoms with Crippen LogP contribution in [0, 0.1) is 31.6 Å². The van der Waals surface area contributed by atoms with Gasteiger partial charge in [-0.15, -0.1) is 0 Å². The lowest BCUT2D eigenvalue weighted by atomic mass is 9.85. The van der Waals surface area contributed by atoms with Crippen LogP contribution in [0.25, 0.3) is 0 Å². The minimum absolute atomic E-state index is 0.342. The fraction of sp³-hybridized carbons (Fsp3) is 0.842. The highest BCUT2D eigenvalue weighted by Crippen LogP contribution is 2.25. The van der Waals surface area contributed by atoms with Crippen LogP contribution in [-0.4, -0.2) is 51.8 Å². The van der Waals surface area contributed by atoms with E-state index in [4.69, 9.17) is 0 Å². The zero-order valence-corrected chi connectivity index (χ0v) is 16.0. The molecule has 2 saturated heterocycles. The third-order valence-electron chi connectivity index (χ3n) is 5.90. The molecule has 0 aliphatic carbocycles. The van der Waals surface area contributed by atoms with E-state index < -0.39 is 0 Å². The van der Waals surface area contributed by atoms with Crippen molar-refractivity contribution in [3.05, 3.63) is 11.6 Å². The summed E-state index contributed by atoms with van der Waals surface area (Å²) in [5, 5.41) is 7.95. The molecule has 0 saturated carbocycles. The summed E-state index contributed by atoms with van der Waals surface area (Å²) in [6.07, 6.45) is 5.47. The van der Waals surface area contributed by atoms with E-state index in [9.17, 15) is 4.79 Å². The van der Waals surface area contributed by atoms with E-state index in [0.717, 1.165) is 50.8 Å². The first-order chi connectivity index (χ1) is 12.0. The van der Waals surface area contributed by atoms with Crippen molar-refractivity contribution >= 4 is 5.91 Å². The van der Waals surface area contributed by atoms with Gasteiger partial charge in [-0.1, -0.05) is 6.92 Å². The maximum atomic E-state index is 12.8. The Morgan fingerprint density at radius 1 is 1.32 bits per heavy atom. The molecule has 25 heavy (non-hydrogen) atoms. The zero-order chi connectivity index (χ0) is 17.8. The quantitative estimate of drug-likeness (QED) is 0.886. The molecule has 2 aliphatic rings. The fourth-order valence-corrected chi connectivity index (χ4v) is 4.36. The molecule has 0 spiro atoms. The van der Waals surface area contributed by atoms with Gasteiger partial charge in [0.05, 0.1) is 0 Å². The first kappa shape index (κ1) is 18.4. The van der Waals surface area contributed by atoms with Crippen molar-refractivity contribution in [1.82, 2.24) is 25.0 Å². The van der Waals surface area contributed by atoms with Crippen molar-refractivity contribution in [3.63, 3.8) is 0 Å². The smallest absolute Gasteiger partial charge is 0.222 e. The number of amides is 1. The number of carbonyl (C=O) groups is 1. The third-order valence-corrected chi connectivity index (χ3v) is 5.90. The molecule has 6 nitrogen and oxygen atoms in total. The second-order valence-electron chi connectivity index (χ2n) is 8.02. The number of aryl methyl sites for hydroxylation is 2. The van der Waals surface area contributed by atoms with Crippen molar-refractivity contribution in [2.24, 2.45) is 17.8 Å². The number of nitrogens with zero attached hydrogens (tertiary/aromatic N) is 4. The Hall–Kier alpha value is -1.43. The summed E-state index contributed by atoms with van der Waals surface area (Å²) in [5.74, 6) is 3.76. The lowest BCUT2D eigenvalue weighted by Crippen LogP contribution is -2.43. The molecule has 0 aromatic carbocycles. The van der Waals surface area contributed by atoms with Gasteiger partial charge < -0.3 is 10.2 Å². The van der Waals surface area contributed by atoms with E-state index in [0.29, 0.717) is 30.1 Å². The highest BCUT2D eigenvalue weighted by molar-refractivity contribution is 5.76. The molecule has 1 aromatic rings. The van der Waals surface area contributed by atoms with Gasteiger partial charge in [0.2, 0.25) is 5.91 Å². The number of hydrogen-bond donors (Lipinski definition) is 1. The molecule has 6 heteroatoms. The lowest BCUT2D eigenvalue weighted by Gasteiger charge is -2.35. The van der Waals surface area contributed by atoms with Crippen molar-refractivity contribution in [2.75, 3.05) is 26.2 Å². The molecule has 0 radical (unpaired) electrons. The fourth-order valence-electron chi connectivity index (χ4n) is 4.36. The summed E-state index contributed by atoms with van der Waals surface area (Å²) < 4.78 is 2.00. The van der Waals surface area contributed by atoms with Crippen LogP contribution in [-0.2, 0) is 11.3 Å². The molecular formula is C19H33N5O. The van der Waals surface area contributed by atoms with Gasteiger partial charge in [-0.05, 0) is 70.4 Å². The number of aromatic nitrogens is 3. The standard InChI is InChI=1S/C19H33N5O/c1-14(18-7-4-8-20-11-18)10-19(25)23-9-5-6-17(12-23)13-24-16(3)21-15(2)22-24/h14,17-18,20H,4-13H2,1-3H3. The van der Waals surface area contributed by atoms with Gasteiger partial charge in [-0.25, -0.2) is 9.67 Å². The van der Waals surface area contributed by atoms with E-state index >= 15 is 0 Å². The summed E-state index contributed by atoms with van der Waals surface area (Å²) in [7, 11) is 0. The van der Waals surface area contributed by atoms with Gasteiger partial charge in [0.15, 0.2) is 0 Å². The first-order valence-corrected chi connectivity index (χ1v) is 9.89. The SMILES string of the molecule is Cc1nc(C)n(CC2CCCN(C(=O)CC(C)C3CCCNC3)C2)n1. The minimum atomic E-state index is 0.342. The van der Waals surface area contributed by atoms with Gasteiger partial charge in [0.1, 0.15) is 11.6 Å². The van der Waals surface area contributed by atoms with Crippen molar-refractivity contribution in [2.45, 2.75) is 59.4 Å². The number of rotatable bonds is 5. The van der Waals surface area contributed by atoms with E-state index in [1.54, 1.807) is 0 Å². The minimum Gasteiger partial charge on any atom is -0.342 e.